The predicted octanol–water partition coefficient (Wildman–Crippen LogP) is 3.00. The third kappa shape index (κ3) is 1.86. The van der Waals surface area contributed by atoms with Gasteiger partial charge in [-0.2, -0.15) is 0 Å². The monoisotopic (exact) mass is 269 g/mol. The number of hydrogen-bond acceptors (Lipinski definition) is 3. The molecule has 1 aliphatic rings. The van der Waals surface area contributed by atoms with E-state index in [2.05, 4.69) is 0 Å². The molecule has 0 heterocycles. The number of phenols is 1. The average molecular weight is 270 g/mol. The normalized spacial score (nSPS) is 18.5. The molecule has 4 heteroatoms. The molecule has 1 aliphatic carbocycles. The molecule has 1 aromatic rings. The van der Waals surface area contributed by atoms with Crippen LogP contribution in [0, 0.1) is 0 Å². The summed E-state index contributed by atoms with van der Waals surface area (Å²) in [6, 6.07) is 1.77. The molecule has 3 N–H and O–H groups in total. The highest BCUT2D eigenvalue weighted by Gasteiger charge is 2.51. The largest absolute Gasteiger partial charge is 0.504 e. The maximum atomic E-state index is 10.3. The van der Waals surface area contributed by atoms with Crippen LogP contribution >= 0.6 is 11.6 Å². The van der Waals surface area contributed by atoms with Crippen molar-refractivity contribution in [1.29, 1.82) is 0 Å². The van der Waals surface area contributed by atoms with Gasteiger partial charge in [-0.05, 0) is 37.8 Å². The molecular formula is C14H20ClNO2. The molecular weight excluding hydrogens is 250 g/mol. The number of rotatable bonds is 4. The Hall–Kier alpha value is -0.930. The van der Waals surface area contributed by atoms with Gasteiger partial charge in [0.1, 0.15) is 0 Å². The van der Waals surface area contributed by atoms with Gasteiger partial charge in [0.2, 0.25) is 0 Å². The minimum atomic E-state index is -0.181. The first-order chi connectivity index (χ1) is 8.47. The third-order valence-electron chi connectivity index (χ3n) is 4.04. The van der Waals surface area contributed by atoms with Crippen LogP contribution in [-0.2, 0) is 11.8 Å². The number of methoxy groups -OCH3 is 1. The number of nitrogens with two attached hydrogens (primary N) is 1. The van der Waals surface area contributed by atoms with E-state index in [-0.39, 0.29) is 17.2 Å². The molecule has 1 fully saturated rings. The van der Waals surface area contributed by atoms with Crippen molar-refractivity contribution in [2.45, 2.75) is 44.6 Å². The van der Waals surface area contributed by atoms with Gasteiger partial charge in [-0.3, -0.25) is 0 Å². The summed E-state index contributed by atoms with van der Waals surface area (Å²) in [5, 5.41) is 11.0. The van der Waals surface area contributed by atoms with Gasteiger partial charge in [-0.25, -0.2) is 0 Å². The van der Waals surface area contributed by atoms with E-state index in [9.17, 15) is 5.11 Å². The summed E-state index contributed by atoms with van der Waals surface area (Å²) in [6.45, 7) is 4.00. The number of hydrogen-bond donors (Lipinski definition) is 2. The molecule has 3 nitrogen and oxygen atoms in total. The van der Waals surface area contributed by atoms with Crippen LogP contribution in [0.15, 0.2) is 6.07 Å². The van der Waals surface area contributed by atoms with E-state index in [0.29, 0.717) is 10.8 Å². The van der Waals surface area contributed by atoms with Crippen molar-refractivity contribution in [1.82, 2.24) is 0 Å². The van der Waals surface area contributed by atoms with Crippen LogP contribution in [0.25, 0.3) is 0 Å². The lowest BCUT2D eigenvalue weighted by Gasteiger charge is -2.25. The summed E-state index contributed by atoms with van der Waals surface area (Å²) in [5.41, 5.74) is 7.66. The predicted molar refractivity (Wildman–Crippen MR) is 73.6 cm³/mol. The lowest BCUT2D eigenvalue weighted by Crippen LogP contribution is -2.32. The second-order valence-electron chi connectivity index (χ2n) is 5.07. The fraction of sp³-hybridized carbons (Fsp3) is 0.571. The number of aryl methyl sites for hydroxylation is 1. The summed E-state index contributed by atoms with van der Waals surface area (Å²) in [6.07, 6.45) is 2.74. The van der Waals surface area contributed by atoms with Gasteiger partial charge in [-0.15, -0.1) is 0 Å². The Morgan fingerprint density at radius 1 is 1.56 bits per heavy atom. The van der Waals surface area contributed by atoms with Gasteiger partial charge < -0.3 is 15.6 Å². The SMILES string of the molecule is CCc1cc(OC)c(O)c(C2(C(C)N)CC2)c1Cl. The molecule has 0 spiro atoms. The number of halogens is 1. The molecule has 1 unspecified atom stereocenters. The Labute approximate surface area is 113 Å². The van der Waals surface area contributed by atoms with Gasteiger partial charge in [-0.1, -0.05) is 18.5 Å². The standard InChI is InChI=1S/C14H20ClNO2/c1-4-9-7-10(18-3)13(17)11(12(9)15)14(5-6-14)8(2)16/h7-8,17H,4-6,16H2,1-3H3. The van der Waals surface area contributed by atoms with Crippen molar-refractivity contribution in [3.8, 4) is 11.5 Å². The molecule has 2 rings (SSSR count). The van der Waals surface area contributed by atoms with Gasteiger partial charge in [0.15, 0.2) is 11.5 Å². The second kappa shape index (κ2) is 4.63. The molecule has 0 bridgehead atoms. The zero-order chi connectivity index (χ0) is 13.5. The minimum Gasteiger partial charge on any atom is -0.504 e. The fourth-order valence-electron chi connectivity index (χ4n) is 2.61. The lowest BCUT2D eigenvalue weighted by atomic mass is 9.87. The number of aromatic hydroxyl groups is 1. The van der Waals surface area contributed by atoms with E-state index in [1.54, 1.807) is 13.2 Å². The van der Waals surface area contributed by atoms with Gasteiger partial charge in [0, 0.05) is 17.0 Å². The molecule has 1 atom stereocenters. The van der Waals surface area contributed by atoms with Crippen molar-refractivity contribution in [2.24, 2.45) is 5.73 Å². The zero-order valence-corrected chi connectivity index (χ0v) is 11.8. The average Bonchev–Trinajstić information content (AvgIpc) is 3.11. The van der Waals surface area contributed by atoms with Gasteiger partial charge in [0.25, 0.3) is 0 Å². The Morgan fingerprint density at radius 2 is 2.17 bits per heavy atom. The summed E-state index contributed by atoms with van der Waals surface area (Å²) < 4.78 is 5.24. The molecule has 1 aromatic carbocycles. The molecule has 0 saturated heterocycles. The molecule has 100 valence electrons. The number of ether oxygens (including phenoxy) is 1. The van der Waals surface area contributed by atoms with Crippen molar-refractivity contribution in [3.05, 3.63) is 22.2 Å². The van der Waals surface area contributed by atoms with Crippen LogP contribution in [0.3, 0.4) is 0 Å². The molecule has 18 heavy (non-hydrogen) atoms. The highest BCUT2D eigenvalue weighted by Crippen LogP contribution is 2.57. The Balaban J connectivity index is 2.65. The van der Waals surface area contributed by atoms with Crippen LogP contribution in [0.4, 0.5) is 0 Å². The summed E-state index contributed by atoms with van der Waals surface area (Å²) >= 11 is 6.44. The van der Waals surface area contributed by atoms with E-state index >= 15 is 0 Å². The van der Waals surface area contributed by atoms with Gasteiger partial charge in [0.05, 0.1) is 12.1 Å². The summed E-state index contributed by atoms with van der Waals surface area (Å²) in [4.78, 5) is 0. The van der Waals surface area contributed by atoms with Crippen molar-refractivity contribution in [2.75, 3.05) is 7.11 Å². The minimum absolute atomic E-state index is 0.0299. The van der Waals surface area contributed by atoms with Gasteiger partial charge >= 0.3 is 0 Å². The third-order valence-corrected chi connectivity index (χ3v) is 4.47. The fourth-order valence-corrected chi connectivity index (χ4v) is 3.08. The first-order valence-corrected chi connectivity index (χ1v) is 6.70. The Bertz CT molecular complexity index is 439. The highest BCUT2D eigenvalue weighted by molar-refractivity contribution is 6.32. The highest BCUT2D eigenvalue weighted by atomic mass is 35.5. The van der Waals surface area contributed by atoms with E-state index < -0.39 is 0 Å². The summed E-state index contributed by atoms with van der Waals surface area (Å²) in [5.74, 6) is 0.632. The second-order valence-corrected chi connectivity index (χ2v) is 5.45. The van der Waals surface area contributed by atoms with E-state index in [1.165, 1.54) is 0 Å². The first kappa shape index (κ1) is 13.5. The number of phenolic OH excluding ortho intramolecular Hbond substituents is 1. The van der Waals surface area contributed by atoms with Crippen molar-refractivity contribution < 1.29 is 9.84 Å². The van der Waals surface area contributed by atoms with Crippen LogP contribution in [0.5, 0.6) is 11.5 Å². The maximum absolute atomic E-state index is 10.3. The van der Waals surface area contributed by atoms with E-state index in [4.69, 9.17) is 22.1 Å². The molecule has 0 aliphatic heterocycles. The smallest absolute Gasteiger partial charge is 0.163 e. The Kier molecular flexibility index (Phi) is 3.47. The maximum Gasteiger partial charge on any atom is 0.163 e. The van der Waals surface area contributed by atoms with Crippen LogP contribution in [0.2, 0.25) is 5.02 Å². The summed E-state index contributed by atoms with van der Waals surface area (Å²) in [7, 11) is 1.55. The molecule has 1 saturated carbocycles. The van der Waals surface area contributed by atoms with Crippen molar-refractivity contribution >= 4 is 11.6 Å². The molecule has 0 aromatic heterocycles. The van der Waals surface area contributed by atoms with Crippen LogP contribution in [0.1, 0.15) is 37.8 Å². The lowest BCUT2D eigenvalue weighted by molar-refractivity contribution is 0.364. The number of benzene rings is 1. The van der Waals surface area contributed by atoms with Crippen LogP contribution in [-0.4, -0.2) is 18.3 Å². The van der Waals surface area contributed by atoms with Crippen molar-refractivity contribution in [3.63, 3.8) is 0 Å². The van der Waals surface area contributed by atoms with E-state index in [1.807, 2.05) is 13.8 Å². The van der Waals surface area contributed by atoms with Crippen LogP contribution < -0.4 is 10.5 Å². The quantitative estimate of drug-likeness (QED) is 0.883. The molecule has 0 radical (unpaired) electrons. The zero-order valence-electron chi connectivity index (χ0n) is 11.1. The first-order valence-electron chi connectivity index (χ1n) is 6.32. The van der Waals surface area contributed by atoms with E-state index in [0.717, 1.165) is 30.4 Å². The topological polar surface area (TPSA) is 55.5 Å². The Morgan fingerprint density at radius 3 is 2.56 bits per heavy atom. The molecule has 0 amide bonds.